The van der Waals surface area contributed by atoms with E-state index in [1.807, 2.05) is 0 Å². The molecule has 3 N–H and O–H groups in total. The molecule has 1 fully saturated rings. The molecule has 136 valence electrons. The maximum atomic E-state index is 13.3. The van der Waals surface area contributed by atoms with E-state index in [0.717, 1.165) is 25.7 Å². The summed E-state index contributed by atoms with van der Waals surface area (Å²) >= 11 is 5.81. The lowest BCUT2D eigenvalue weighted by Gasteiger charge is -2.28. The summed E-state index contributed by atoms with van der Waals surface area (Å²) in [6.07, 6.45) is 3.85. The van der Waals surface area contributed by atoms with Crippen LogP contribution in [0.15, 0.2) is 18.2 Å². The summed E-state index contributed by atoms with van der Waals surface area (Å²) in [6.45, 7) is 2.13. The fraction of sp³-hybridized carbons (Fsp3) is 0.438. The second-order valence-electron chi connectivity index (χ2n) is 6.18. The Morgan fingerprint density at radius 1 is 1.44 bits per heavy atom. The van der Waals surface area contributed by atoms with Crippen LogP contribution in [-0.4, -0.2) is 33.0 Å². The number of hydrogen-bond acceptors (Lipinski definition) is 4. The normalized spacial score (nSPS) is 15.7. The van der Waals surface area contributed by atoms with E-state index in [2.05, 4.69) is 15.6 Å². The Hall–Kier alpha value is -1.70. The summed E-state index contributed by atoms with van der Waals surface area (Å²) in [7, 11) is 0. The van der Waals surface area contributed by atoms with E-state index in [1.165, 1.54) is 22.9 Å². The highest BCUT2D eigenvalue weighted by Gasteiger charge is 2.35. The lowest BCUT2D eigenvalue weighted by molar-refractivity contribution is 0.0897. The maximum Gasteiger partial charge on any atom is 0.274 e. The van der Waals surface area contributed by atoms with E-state index in [0.29, 0.717) is 17.9 Å². The van der Waals surface area contributed by atoms with Crippen molar-refractivity contribution >= 4 is 29.9 Å². The average molecular weight is 388 g/mol. The predicted octanol–water partition coefficient (Wildman–Crippen LogP) is 2.79. The van der Waals surface area contributed by atoms with Gasteiger partial charge in [0.25, 0.3) is 5.91 Å². The summed E-state index contributed by atoms with van der Waals surface area (Å²) in [6, 6.07) is 4.22. The van der Waals surface area contributed by atoms with Gasteiger partial charge in [0.1, 0.15) is 5.82 Å². The van der Waals surface area contributed by atoms with Crippen molar-refractivity contribution in [2.45, 2.75) is 38.1 Å². The van der Waals surface area contributed by atoms with Gasteiger partial charge in [-0.15, -0.1) is 17.5 Å². The van der Waals surface area contributed by atoms with Gasteiger partial charge in [-0.05, 0) is 38.0 Å². The molecule has 25 heavy (non-hydrogen) atoms. The summed E-state index contributed by atoms with van der Waals surface area (Å²) < 4.78 is 14.8. The topological polar surface area (TPSA) is 85.8 Å². The molecular weight excluding hydrogens is 368 g/mol. The highest BCUT2D eigenvalue weighted by molar-refractivity contribution is 6.30. The van der Waals surface area contributed by atoms with Gasteiger partial charge in [-0.2, -0.15) is 0 Å². The number of hydrogen-bond donors (Lipinski definition) is 2. The summed E-state index contributed by atoms with van der Waals surface area (Å²) in [5.74, 6) is -0.804. The Morgan fingerprint density at radius 3 is 2.72 bits per heavy atom. The van der Waals surface area contributed by atoms with Crippen molar-refractivity contribution in [2.75, 3.05) is 6.54 Å². The van der Waals surface area contributed by atoms with Crippen LogP contribution in [0.2, 0.25) is 5.02 Å². The Morgan fingerprint density at radius 2 is 2.12 bits per heavy atom. The molecule has 1 heterocycles. The van der Waals surface area contributed by atoms with Crippen LogP contribution in [0.1, 0.15) is 41.9 Å². The third kappa shape index (κ3) is 3.78. The molecule has 1 aromatic carbocycles. The first-order valence-corrected chi connectivity index (χ1v) is 8.24. The molecule has 0 radical (unpaired) electrons. The molecule has 2 aromatic rings. The van der Waals surface area contributed by atoms with E-state index in [9.17, 15) is 9.18 Å². The van der Waals surface area contributed by atoms with Crippen LogP contribution >= 0.6 is 24.0 Å². The number of halogens is 3. The average Bonchev–Trinajstić information content (AvgIpc) is 3.17. The number of nitrogens with one attached hydrogen (secondary N) is 1. The minimum atomic E-state index is -0.512. The number of aromatic nitrogens is 3. The van der Waals surface area contributed by atoms with Gasteiger partial charge in [-0.25, -0.2) is 9.07 Å². The molecule has 0 unspecified atom stereocenters. The van der Waals surface area contributed by atoms with E-state index in [1.54, 1.807) is 6.92 Å². The van der Waals surface area contributed by atoms with Gasteiger partial charge in [-0.3, -0.25) is 4.79 Å². The van der Waals surface area contributed by atoms with Crippen molar-refractivity contribution in [1.29, 1.82) is 0 Å². The molecule has 0 saturated heterocycles. The quantitative estimate of drug-likeness (QED) is 0.844. The lowest BCUT2D eigenvalue weighted by Crippen LogP contribution is -2.51. The van der Waals surface area contributed by atoms with Gasteiger partial charge in [0, 0.05) is 6.54 Å². The minimum absolute atomic E-state index is 0. The van der Waals surface area contributed by atoms with E-state index >= 15 is 0 Å². The highest BCUT2D eigenvalue weighted by atomic mass is 35.5. The maximum absolute atomic E-state index is 13.3. The fourth-order valence-corrected chi connectivity index (χ4v) is 3.31. The first-order chi connectivity index (χ1) is 11.5. The summed E-state index contributed by atoms with van der Waals surface area (Å²) in [5.41, 5.74) is 6.83. The van der Waals surface area contributed by atoms with Crippen molar-refractivity contribution in [3.05, 3.63) is 40.4 Å². The molecule has 1 amide bonds. The first kappa shape index (κ1) is 19.6. The van der Waals surface area contributed by atoms with Crippen LogP contribution in [0.3, 0.4) is 0 Å². The molecule has 3 rings (SSSR count). The molecular formula is C16H20Cl2FN5O. The van der Waals surface area contributed by atoms with Crippen LogP contribution < -0.4 is 11.1 Å². The zero-order valence-electron chi connectivity index (χ0n) is 13.8. The summed E-state index contributed by atoms with van der Waals surface area (Å²) in [5, 5.41) is 11.0. The molecule has 0 spiro atoms. The number of carbonyl (C=O) groups excluding carboxylic acids is 1. The Labute approximate surface area is 156 Å². The number of nitrogens with zero attached hydrogens (tertiary/aromatic N) is 3. The predicted molar refractivity (Wildman–Crippen MR) is 96.0 cm³/mol. The van der Waals surface area contributed by atoms with E-state index in [-0.39, 0.29) is 34.6 Å². The van der Waals surface area contributed by atoms with Crippen molar-refractivity contribution < 1.29 is 9.18 Å². The standard InChI is InChI=1S/C16H19ClFN5O.ClH/c1-10-14(15(24)20-16(9-19)6-2-3-7-16)21-22-23(10)11-4-5-13(18)12(17)8-11;/h4-5,8H,2-3,6-7,9,19H2,1H3,(H,20,24);1H. The number of amides is 1. The van der Waals surface area contributed by atoms with Crippen LogP contribution in [0.25, 0.3) is 5.69 Å². The van der Waals surface area contributed by atoms with Gasteiger partial charge < -0.3 is 11.1 Å². The van der Waals surface area contributed by atoms with Crippen molar-refractivity contribution in [3.8, 4) is 5.69 Å². The van der Waals surface area contributed by atoms with Crippen LogP contribution in [0, 0.1) is 12.7 Å². The van der Waals surface area contributed by atoms with Crippen LogP contribution in [-0.2, 0) is 0 Å². The van der Waals surface area contributed by atoms with Crippen LogP contribution in [0.4, 0.5) is 4.39 Å². The zero-order valence-corrected chi connectivity index (χ0v) is 15.3. The molecule has 6 nitrogen and oxygen atoms in total. The van der Waals surface area contributed by atoms with Gasteiger partial charge in [-0.1, -0.05) is 29.7 Å². The third-order valence-electron chi connectivity index (χ3n) is 4.59. The van der Waals surface area contributed by atoms with Gasteiger partial charge in [0.05, 0.1) is 21.9 Å². The summed E-state index contributed by atoms with van der Waals surface area (Å²) in [4.78, 5) is 12.6. The molecule has 1 aliphatic rings. The molecule has 1 saturated carbocycles. The number of benzene rings is 1. The van der Waals surface area contributed by atoms with Crippen molar-refractivity contribution in [2.24, 2.45) is 5.73 Å². The fourth-order valence-electron chi connectivity index (χ4n) is 3.13. The molecule has 9 heteroatoms. The Kier molecular flexibility index (Phi) is 6.03. The van der Waals surface area contributed by atoms with Crippen molar-refractivity contribution in [3.63, 3.8) is 0 Å². The molecule has 1 aliphatic carbocycles. The monoisotopic (exact) mass is 387 g/mol. The zero-order chi connectivity index (χ0) is 17.3. The van der Waals surface area contributed by atoms with Gasteiger partial charge in [0.2, 0.25) is 0 Å². The minimum Gasteiger partial charge on any atom is -0.344 e. The van der Waals surface area contributed by atoms with Gasteiger partial charge >= 0.3 is 0 Å². The Bertz CT molecular complexity index is 774. The first-order valence-electron chi connectivity index (χ1n) is 7.86. The third-order valence-corrected chi connectivity index (χ3v) is 4.88. The SMILES string of the molecule is Cc1c(C(=O)NC2(CN)CCCC2)nnn1-c1ccc(F)c(Cl)c1.Cl. The van der Waals surface area contributed by atoms with E-state index in [4.69, 9.17) is 17.3 Å². The van der Waals surface area contributed by atoms with Crippen LogP contribution in [0.5, 0.6) is 0 Å². The molecule has 0 aliphatic heterocycles. The van der Waals surface area contributed by atoms with Gasteiger partial charge in [0.15, 0.2) is 5.69 Å². The molecule has 0 atom stereocenters. The lowest BCUT2D eigenvalue weighted by atomic mass is 9.97. The highest BCUT2D eigenvalue weighted by Crippen LogP contribution is 2.29. The number of rotatable bonds is 4. The van der Waals surface area contributed by atoms with E-state index < -0.39 is 5.82 Å². The molecule has 1 aromatic heterocycles. The number of carbonyl (C=O) groups is 1. The molecule has 0 bridgehead atoms. The Balaban J connectivity index is 0.00000225. The smallest absolute Gasteiger partial charge is 0.274 e. The van der Waals surface area contributed by atoms with Crippen molar-refractivity contribution in [1.82, 2.24) is 20.3 Å². The largest absolute Gasteiger partial charge is 0.344 e. The second-order valence-corrected chi connectivity index (χ2v) is 6.59. The second kappa shape index (κ2) is 7.68. The number of nitrogens with two attached hydrogens (primary N) is 1.